The second kappa shape index (κ2) is 8.67. The van der Waals surface area contributed by atoms with Crippen LogP contribution in [-0.2, 0) is 9.59 Å². The summed E-state index contributed by atoms with van der Waals surface area (Å²) in [4.78, 5) is 24.0. The van der Waals surface area contributed by atoms with Gasteiger partial charge in [0.2, 0.25) is 0 Å². The zero-order valence-electron chi connectivity index (χ0n) is 13.6. The van der Waals surface area contributed by atoms with Crippen LogP contribution < -0.4 is 9.47 Å². The van der Waals surface area contributed by atoms with Crippen LogP contribution >= 0.6 is 0 Å². The zero-order chi connectivity index (χ0) is 17.4. The molecule has 4 heteroatoms. The molecule has 0 bridgehead atoms. The fourth-order valence-corrected chi connectivity index (χ4v) is 1.98. The van der Waals surface area contributed by atoms with Crippen molar-refractivity contribution in [2.24, 2.45) is 5.92 Å². The van der Waals surface area contributed by atoms with E-state index in [4.69, 9.17) is 9.47 Å². The molecule has 0 aliphatic carbocycles. The molecule has 0 heterocycles. The molecule has 24 heavy (non-hydrogen) atoms. The van der Waals surface area contributed by atoms with E-state index in [0.717, 1.165) is 0 Å². The molecule has 2 aromatic carbocycles. The van der Waals surface area contributed by atoms with Gasteiger partial charge in [-0.25, -0.2) is 4.79 Å². The van der Waals surface area contributed by atoms with Crippen molar-refractivity contribution in [1.29, 1.82) is 0 Å². The minimum atomic E-state index is -0.482. The standard InChI is InChI=1S/C20H20O4/c1-15(19(21)23-17-9-5-3-6-10-17)13-14-16(2)20(22)24-18-11-7-4-8-12-18/h3-12,16H,1,13-14H2,2H3. The molecular weight excluding hydrogens is 304 g/mol. The summed E-state index contributed by atoms with van der Waals surface area (Å²) < 4.78 is 10.5. The van der Waals surface area contributed by atoms with E-state index in [1.54, 1.807) is 55.5 Å². The molecule has 0 fully saturated rings. The number of hydrogen-bond donors (Lipinski definition) is 0. The van der Waals surface area contributed by atoms with Gasteiger partial charge in [-0.3, -0.25) is 4.79 Å². The highest BCUT2D eigenvalue weighted by Crippen LogP contribution is 2.17. The van der Waals surface area contributed by atoms with Crippen LogP contribution in [0.25, 0.3) is 0 Å². The van der Waals surface area contributed by atoms with Gasteiger partial charge in [-0.05, 0) is 37.1 Å². The van der Waals surface area contributed by atoms with E-state index >= 15 is 0 Å². The molecule has 0 spiro atoms. The smallest absolute Gasteiger partial charge is 0.338 e. The molecule has 0 aliphatic rings. The number of hydrogen-bond acceptors (Lipinski definition) is 4. The predicted octanol–water partition coefficient (Wildman–Crippen LogP) is 4.17. The van der Waals surface area contributed by atoms with Gasteiger partial charge in [0.25, 0.3) is 0 Å². The summed E-state index contributed by atoms with van der Waals surface area (Å²) in [6.45, 7) is 5.50. The van der Waals surface area contributed by atoms with E-state index in [1.807, 2.05) is 12.1 Å². The Bertz CT molecular complexity index is 692. The van der Waals surface area contributed by atoms with E-state index < -0.39 is 5.97 Å². The Hall–Kier alpha value is -2.88. The lowest BCUT2D eigenvalue weighted by Crippen LogP contribution is -2.19. The highest BCUT2D eigenvalue weighted by atomic mass is 16.5. The van der Waals surface area contributed by atoms with Crippen molar-refractivity contribution in [2.45, 2.75) is 19.8 Å². The third-order valence-corrected chi connectivity index (χ3v) is 3.49. The summed E-state index contributed by atoms with van der Waals surface area (Å²) in [6, 6.07) is 17.7. The van der Waals surface area contributed by atoms with E-state index in [9.17, 15) is 9.59 Å². The van der Waals surface area contributed by atoms with Gasteiger partial charge in [0.1, 0.15) is 11.5 Å². The van der Waals surface area contributed by atoms with Gasteiger partial charge in [0.05, 0.1) is 5.92 Å². The first-order valence-electron chi connectivity index (χ1n) is 7.78. The van der Waals surface area contributed by atoms with Gasteiger partial charge in [-0.2, -0.15) is 0 Å². The molecule has 0 saturated heterocycles. The molecule has 4 nitrogen and oxygen atoms in total. The molecule has 1 atom stereocenters. The Balaban J connectivity index is 1.78. The first-order chi connectivity index (χ1) is 11.6. The zero-order valence-corrected chi connectivity index (χ0v) is 13.6. The number of rotatable bonds is 7. The van der Waals surface area contributed by atoms with Crippen molar-refractivity contribution < 1.29 is 19.1 Å². The first-order valence-corrected chi connectivity index (χ1v) is 7.78. The SMILES string of the molecule is C=C(CCC(C)C(=O)Oc1ccccc1)C(=O)Oc1ccccc1. The second-order valence-electron chi connectivity index (χ2n) is 5.48. The highest BCUT2D eigenvalue weighted by molar-refractivity contribution is 5.89. The van der Waals surface area contributed by atoms with E-state index in [-0.39, 0.29) is 11.9 Å². The Morgan fingerprint density at radius 1 is 0.917 bits per heavy atom. The third-order valence-electron chi connectivity index (χ3n) is 3.49. The van der Waals surface area contributed by atoms with Crippen molar-refractivity contribution in [1.82, 2.24) is 0 Å². The lowest BCUT2D eigenvalue weighted by atomic mass is 10.0. The topological polar surface area (TPSA) is 52.6 Å². The van der Waals surface area contributed by atoms with Gasteiger partial charge in [-0.15, -0.1) is 0 Å². The van der Waals surface area contributed by atoms with Gasteiger partial charge >= 0.3 is 11.9 Å². The number of benzene rings is 2. The normalized spacial score (nSPS) is 11.4. The predicted molar refractivity (Wildman–Crippen MR) is 91.7 cm³/mol. The van der Waals surface area contributed by atoms with Crippen LogP contribution in [-0.4, -0.2) is 11.9 Å². The first kappa shape index (κ1) is 17.5. The van der Waals surface area contributed by atoms with E-state index in [0.29, 0.717) is 29.9 Å². The summed E-state index contributed by atoms with van der Waals surface area (Å²) >= 11 is 0. The molecule has 0 aliphatic heterocycles. The maximum atomic E-state index is 12.0. The Labute approximate surface area is 141 Å². The number of ether oxygens (including phenoxy) is 2. The number of para-hydroxylation sites is 2. The second-order valence-corrected chi connectivity index (χ2v) is 5.48. The number of carbonyl (C=O) groups is 2. The minimum Gasteiger partial charge on any atom is -0.426 e. The molecule has 0 aromatic heterocycles. The number of carbonyl (C=O) groups excluding carboxylic acids is 2. The summed E-state index contributed by atoms with van der Waals surface area (Å²) in [5.74, 6) is -0.168. The van der Waals surface area contributed by atoms with Crippen LogP contribution in [0.15, 0.2) is 72.8 Å². The van der Waals surface area contributed by atoms with Gasteiger partial charge in [0.15, 0.2) is 0 Å². The number of esters is 2. The summed E-state index contributed by atoms with van der Waals surface area (Å²) in [7, 11) is 0. The van der Waals surface area contributed by atoms with Crippen LogP contribution in [0, 0.1) is 5.92 Å². The van der Waals surface area contributed by atoms with E-state index in [2.05, 4.69) is 6.58 Å². The van der Waals surface area contributed by atoms with Crippen LogP contribution in [0.3, 0.4) is 0 Å². The van der Waals surface area contributed by atoms with Crippen LogP contribution in [0.1, 0.15) is 19.8 Å². The van der Waals surface area contributed by atoms with Gasteiger partial charge in [-0.1, -0.05) is 49.9 Å². The van der Waals surface area contributed by atoms with Crippen LogP contribution in [0.4, 0.5) is 0 Å². The monoisotopic (exact) mass is 324 g/mol. The Morgan fingerprint density at radius 2 is 1.42 bits per heavy atom. The summed E-state index contributed by atoms with van der Waals surface area (Å²) in [6.07, 6.45) is 0.838. The average Bonchev–Trinajstić information content (AvgIpc) is 2.61. The molecule has 124 valence electrons. The fraction of sp³-hybridized carbons (Fsp3) is 0.200. The van der Waals surface area contributed by atoms with Crippen LogP contribution in [0.5, 0.6) is 11.5 Å². The maximum Gasteiger partial charge on any atom is 0.338 e. The fourth-order valence-electron chi connectivity index (χ4n) is 1.98. The van der Waals surface area contributed by atoms with E-state index in [1.165, 1.54) is 0 Å². The van der Waals surface area contributed by atoms with Crippen LogP contribution in [0.2, 0.25) is 0 Å². The molecule has 0 N–H and O–H groups in total. The van der Waals surface area contributed by atoms with Crippen molar-refractivity contribution in [2.75, 3.05) is 0 Å². The molecule has 1 unspecified atom stereocenters. The summed E-state index contributed by atoms with van der Waals surface area (Å²) in [5.41, 5.74) is 0.332. The Morgan fingerprint density at radius 3 is 1.96 bits per heavy atom. The lowest BCUT2D eigenvalue weighted by Gasteiger charge is -2.12. The molecule has 2 aromatic rings. The Kier molecular flexibility index (Phi) is 6.32. The van der Waals surface area contributed by atoms with Crippen molar-refractivity contribution in [3.8, 4) is 11.5 Å². The third kappa shape index (κ3) is 5.39. The quantitative estimate of drug-likeness (QED) is 0.436. The van der Waals surface area contributed by atoms with Crippen molar-refractivity contribution in [3.05, 3.63) is 72.8 Å². The summed E-state index contributed by atoms with van der Waals surface area (Å²) in [5, 5.41) is 0. The van der Waals surface area contributed by atoms with Crippen molar-refractivity contribution >= 4 is 11.9 Å². The highest BCUT2D eigenvalue weighted by Gasteiger charge is 2.18. The molecule has 0 amide bonds. The lowest BCUT2D eigenvalue weighted by molar-refractivity contribution is -0.138. The largest absolute Gasteiger partial charge is 0.426 e. The van der Waals surface area contributed by atoms with Gasteiger partial charge in [0, 0.05) is 5.57 Å². The van der Waals surface area contributed by atoms with Gasteiger partial charge < -0.3 is 9.47 Å². The molecule has 2 rings (SSSR count). The molecule has 0 radical (unpaired) electrons. The minimum absolute atomic E-state index is 0.328. The maximum absolute atomic E-state index is 12.0. The van der Waals surface area contributed by atoms with Crippen molar-refractivity contribution in [3.63, 3.8) is 0 Å². The molecule has 0 saturated carbocycles. The molecular formula is C20H20O4. The average molecular weight is 324 g/mol.